The number of Topliss-reactive ketones (excluding diaryl/α,β-unsaturated/α-hetero) is 1. The summed E-state index contributed by atoms with van der Waals surface area (Å²) in [5, 5.41) is 0. The molecule has 2 rings (SSSR count). The van der Waals surface area contributed by atoms with E-state index < -0.39 is 0 Å². The first kappa shape index (κ1) is 7.43. The van der Waals surface area contributed by atoms with Gasteiger partial charge in [-0.15, -0.1) is 0 Å². The molecule has 0 atom stereocenters. The van der Waals surface area contributed by atoms with Crippen LogP contribution in [0, 0.1) is 0 Å². The van der Waals surface area contributed by atoms with Gasteiger partial charge >= 0.3 is 0 Å². The molecule has 1 aromatic rings. The van der Waals surface area contributed by atoms with E-state index in [-0.39, 0.29) is 5.78 Å². The average molecular weight is 162 g/mol. The van der Waals surface area contributed by atoms with Gasteiger partial charge < -0.3 is 0 Å². The van der Waals surface area contributed by atoms with Crippen molar-refractivity contribution in [2.24, 2.45) is 0 Å². The second-order valence-electron chi connectivity index (χ2n) is 3.09. The molecule has 0 aliphatic carbocycles. The van der Waals surface area contributed by atoms with Gasteiger partial charge in [-0.25, -0.2) is 0 Å². The Morgan fingerprint density at radius 3 is 3.17 bits per heavy atom. The molecule has 0 N–H and O–H groups in total. The van der Waals surface area contributed by atoms with Gasteiger partial charge in [0.05, 0.1) is 12.2 Å². The van der Waals surface area contributed by atoms with Crippen LogP contribution in [0.4, 0.5) is 0 Å². The lowest BCUT2D eigenvalue weighted by molar-refractivity contribution is 0.0920. The van der Waals surface area contributed by atoms with Crippen LogP contribution in [0.25, 0.3) is 0 Å². The summed E-state index contributed by atoms with van der Waals surface area (Å²) in [6.45, 7) is 1.29. The van der Waals surface area contributed by atoms with Crippen LogP contribution < -0.4 is 0 Å². The molecule has 0 bridgehead atoms. The molecule has 0 fully saturated rings. The van der Waals surface area contributed by atoms with Gasteiger partial charge in [0, 0.05) is 18.3 Å². The van der Waals surface area contributed by atoms with E-state index >= 15 is 0 Å². The maximum absolute atomic E-state index is 11.4. The van der Waals surface area contributed by atoms with Gasteiger partial charge in [-0.05, 0) is 19.2 Å². The molecule has 1 aliphatic heterocycles. The van der Waals surface area contributed by atoms with Crippen LogP contribution >= 0.6 is 0 Å². The fourth-order valence-corrected chi connectivity index (χ4v) is 1.46. The Labute approximate surface area is 71.0 Å². The van der Waals surface area contributed by atoms with Gasteiger partial charge in [0.15, 0.2) is 5.78 Å². The minimum absolute atomic E-state index is 0.173. The first-order chi connectivity index (χ1) is 5.77. The predicted molar refractivity (Wildman–Crippen MR) is 44.9 cm³/mol. The van der Waals surface area contributed by atoms with E-state index in [1.165, 1.54) is 0 Å². The molecule has 0 saturated carbocycles. The van der Waals surface area contributed by atoms with E-state index in [1.807, 2.05) is 24.1 Å². The summed E-state index contributed by atoms with van der Waals surface area (Å²) >= 11 is 0. The van der Waals surface area contributed by atoms with E-state index in [1.54, 1.807) is 6.20 Å². The molecule has 0 spiro atoms. The Hall–Kier alpha value is -1.22. The molecule has 0 aromatic carbocycles. The zero-order valence-corrected chi connectivity index (χ0v) is 6.95. The SMILES string of the molecule is CN1CC(=O)c2cccnc2C1. The van der Waals surface area contributed by atoms with Crippen LogP contribution in [0.15, 0.2) is 18.3 Å². The van der Waals surface area contributed by atoms with Gasteiger partial charge in [-0.2, -0.15) is 0 Å². The topological polar surface area (TPSA) is 33.2 Å². The molecule has 1 aromatic heterocycles. The number of pyridine rings is 1. The lowest BCUT2D eigenvalue weighted by atomic mass is 10.0. The monoisotopic (exact) mass is 162 g/mol. The van der Waals surface area contributed by atoms with Crippen LogP contribution in [-0.4, -0.2) is 29.3 Å². The number of rotatable bonds is 0. The quantitative estimate of drug-likeness (QED) is 0.563. The average Bonchev–Trinajstić information content (AvgIpc) is 2.04. The maximum Gasteiger partial charge on any atom is 0.178 e. The molecule has 12 heavy (non-hydrogen) atoms. The number of ketones is 1. The third kappa shape index (κ3) is 1.12. The van der Waals surface area contributed by atoms with Crippen LogP contribution in [0.3, 0.4) is 0 Å². The third-order valence-electron chi connectivity index (χ3n) is 2.02. The fraction of sp³-hybridized carbons (Fsp3) is 0.333. The summed E-state index contributed by atoms with van der Waals surface area (Å²) in [7, 11) is 1.93. The molecule has 0 unspecified atom stereocenters. The first-order valence-corrected chi connectivity index (χ1v) is 3.93. The highest BCUT2D eigenvalue weighted by molar-refractivity contribution is 5.99. The van der Waals surface area contributed by atoms with E-state index in [0.717, 1.165) is 17.8 Å². The second-order valence-corrected chi connectivity index (χ2v) is 3.09. The Morgan fingerprint density at radius 1 is 1.50 bits per heavy atom. The summed E-state index contributed by atoms with van der Waals surface area (Å²) in [6, 6.07) is 3.65. The fourth-order valence-electron chi connectivity index (χ4n) is 1.46. The summed E-state index contributed by atoms with van der Waals surface area (Å²) in [5.74, 6) is 0.173. The number of hydrogen-bond acceptors (Lipinski definition) is 3. The maximum atomic E-state index is 11.4. The number of carbonyl (C=O) groups excluding carboxylic acids is 1. The van der Waals surface area contributed by atoms with Crippen molar-refractivity contribution in [1.29, 1.82) is 0 Å². The Bertz CT molecular complexity index is 322. The zero-order valence-electron chi connectivity index (χ0n) is 6.95. The zero-order chi connectivity index (χ0) is 8.55. The Morgan fingerprint density at radius 2 is 2.33 bits per heavy atom. The highest BCUT2D eigenvalue weighted by atomic mass is 16.1. The highest BCUT2D eigenvalue weighted by Crippen LogP contribution is 2.14. The summed E-state index contributed by atoms with van der Waals surface area (Å²) < 4.78 is 0. The number of aromatic nitrogens is 1. The molecule has 0 saturated heterocycles. The highest BCUT2D eigenvalue weighted by Gasteiger charge is 2.20. The molecule has 3 nitrogen and oxygen atoms in total. The summed E-state index contributed by atoms with van der Waals surface area (Å²) in [6.07, 6.45) is 1.73. The first-order valence-electron chi connectivity index (χ1n) is 3.93. The van der Waals surface area contributed by atoms with Crippen LogP contribution in [0.2, 0.25) is 0 Å². The number of likely N-dealkylation sites (N-methyl/N-ethyl adjacent to an activating group) is 1. The smallest absolute Gasteiger partial charge is 0.178 e. The van der Waals surface area contributed by atoms with Crippen molar-refractivity contribution in [3.05, 3.63) is 29.6 Å². The van der Waals surface area contributed by atoms with Crippen molar-refractivity contribution < 1.29 is 4.79 Å². The van der Waals surface area contributed by atoms with Gasteiger partial charge in [0.2, 0.25) is 0 Å². The molecule has 3 heteroatoms. The molecule has 62 valence electrons. The van der Waals surface area contributed by atoms with Crippen molar-refractivity contribution >= 4 is 5.78 Å². The minimum atomic E-state index is 0.173. The molecule has 1 aliphatic rings. The molecule has 2 heterocycles. The van der Waals surface area contributed by atoms with Crippen molar-refractivity contribution in [2.75, 3.05) is 13.6 Å². The van der Waals surface area contributed by atoms with Crippen LogP contribution in [0.1, 0.15) is 16.1 Å². The molecular formula is C9H10N2O. The van der Waals surface area contributed by atoms with Gasteiger partial charge in [0.1, 0.15) is 0 Å². The van der Waals surface area contributed by atoms with E-state index in [4.69, 9.17) is 0 Å². The number of nitrogens with zero attached hydrogens (tertiary/aromatic N) is 2. The lowest BCUT2D eigenvalue weighted by Gasteiger charge is -2.22. The molecule has 0 radical (unpaired) electrons. The van der Waals surface area contributed by atoms with Crippen molar-refractivity contribution in [3.63, 3.8) is 0 Å². The number of hydrogen-bond donors (Lipinski definition) is 0. The standard InChI is InChI=1S/C9H10N2O/c1-11-5-8-7(9(12)6-11)3-2-4-10-8/h2-4H,5-6H2,1H3. The van der Waals surface area contributed by atoms with Gasteiger partial charge in [0.25, 0.3) is 0 Å². The number of fused-ring (bicyclic) bond motifs is 1. The molecular weight excluding hydrogens is 152 g/mol. The molecule has 0 amide bonds. The van der Waals surface area contributed by atoms with Crippen molar-refractivity contribution in [1.82, 2.24) is 9.88 Å². The van der Waals surface area contributed by atoms with Crippen LogP contribution in [0.5, 0.6) is 0 Å². The van der Waals surface area contributed by atoms with E-state index in [0.29, 0.717) is 6.54 Å². The van der Waals surface area contributed by atoms with Crippen molar-refractivity contribution in [3.8, 4) is 0 Å². The normalized spacial score (nSPS) is 17.6. The van der Waals surface area contributed by atoms with Gasteiger partial charge in [-0.3, -0.25) is 14.7 Å². The predicted octanol–water partition coefficient (Wildman–Crippen LogP) is 0.710. The Balaban J connectivity index is 2.47. The van der Waals surface area contributed by atoms with Crippen molar-refractivity contribution in [2.45, 2.75) is 6.54 Å². The number of carbonyl (C=O) groups is 1. The van der Waals surface area contributed by atoms with E-state index in [9.17, 15) is 4.79 Å². The summed E-state index contributed by atoms with van der Waals surface area (Å²) in [5.41, 5.74) is 1.69. The summed E-state index contributed by atoms with van der Waals surface area (Å²) in [4.78, 5) is 17.5. The largest absolute Gasteiger partial charge is 0.293 e. The van der Waals surface area contributed by atoms with Gasteiger partial charge in [-0.1, -0.05) is 0 Å². The Kier molecular flexibility index (Phi) is 1.66. The lowest BCUT2D eigenvalue weighted by Crippen LogP contribution is -2.32. The van der Waals surface area contributed by atoms with Crippen LogP contribution in [-0.2, 0) is 6.54 Å². The third-order valence-corrected chi connectivity index (χ3v) is 2.02. The minimum Gasteiger partial charge on any atom is -0.293 e. The van der Waals surface area contributed by atoms with E-state index in [2.05, 4.69) is 4.98 Å². The second kappa shape index (κ2) is 2.68.